The van der Waals surface area contributed by atoms with Gasteiger partial charge in [-0.05, 0) is 102 Å². The molecule has 0 aliphatic rings. The monoisotopic (exact) mass is 682 g/mol. The molecule has 51 heavy (non-hydrogen) atoms. The van der Waals surface area contributed by atoms with E-state index in [1.54, 1.807) is 101 Å². The van der Waals surface area contributed by atoms with E-state index in [0.29, 0.717) is 33.9 Å². The number of hydrogen-bond acceptors (Lipinski definition) is 10. The van der Waals surface area contributed by atoms with Gasteiger partial charge in [0.05, 0.1) is 14.2 Å². The van der Waals surface area contributed by atoms with Gasteiger partial charge in [0.2, 0.25) is 0 Å². The first-order chi connectivity index (χ1) is 24.9. The number of carbonyl (C=O) groups is 2. The van der Waals surface area contributed by atoms with Crippen LogP contribution in [0.3, 0.4) is 0 Å². The number of hydrogen-bond donors (Lipinski definition) is 2. The predicted molar refractivity (Wildman–Crippen MR) is 197 cm³/mol. The fourth-order valence-electron chi connectivity index (χ4n) is 4.56. The molecule has 0 radical (unpaired) electrons. The number of amides is 2. The van der Waals surface area contributed by atoms with Gasteiger partial charge in [0.25, 0.3) is 0 Å². The molecule has 2 heterocycles. The van der Waals surface area contributed by atoms with Crippen LogP contribution < -0.4 is 20.1 Å². The van der Waals surface area contributed by atoms with Crippen molar-refractivity contribution in [3.8, 4) is 11.5 Å². The van der Waals surface area contributed by atoms with Gasteiger partial charge in [-0.1, -0.05) is 46.7 Å². The van der Waals surface area contributed by atoms with Crippen molar-refractivity contribution in [3.63, 3.8) is 0 Å². The van der Waals surface area contributed by atoms with Crippen molar-refractivity contribution in [1.29, 1.82) is 0 Å². The van der Waals surface area contributed by atoms with Gasteiger partial charge in [-0.15, -0.1) is 0 Å². The molecule has 0 spiro atoms. The first-order valence-corrected chi connectivity index (χ1v) is 15.6. The van der Waals surface area contributed by atoms with Crippen molar-refractivity contribution >= 4 is 47.1 Å². The Kier molecular flexibility index (Phi) is 12.4. The van der Waals surface area contributed by atoms with Crippen molar-refractivity contribution in [1.82, 2.24) is 9.97 Å². The summed E-state index contributed by atoms with van der Waals surface area (Å²) < 4.78 is 10.4. The molecule has 0 saturated heterocycles. The molecule has 2 N–H and O–H groups in total. The molecule has 2 amide bonds. The number of methoxy groups -OCH3 is 2. The Balaban J connectivity index is 1.25. The second-order valence-corrected chi connectivity index (χ2v) is 10.7. The molecule has 5 rings (SSSR count). The van der Waals surface area contributed by atoms with E-state index in [9.17, 15) is 9.59 Å². The molecule has 0 aliphatic heterocycles. The molecule has 0 atom stereocenters. The molecule has 5 aromatic rings. The van der Waals surface area contributed by atoms with E-state index in [1.807, 2.05) is 60.7 Å². The van der Waals surface area contributed by atoms with E-state index in [1.165, 1.54) is 0 Å². The lowest BCUT2D eigenvalue weighted by atomic mass is 10.1. The van der Waals surface area contributed by atoms with Gasteiger partial charge in [0, 0.05) is 47.3 Å². The lowest BCUT2D eigenvalue weighted by Crippen LogP contribution is -2.14. The highest BCUT2D eigenvalue weighted by molar-refractivity contribution is 6.11. The topological polar surface area (TPSA) is 146 Å². The van der Waals surface area contributed by atoms with Crippen LogP contribution in [0.5, 0.6) is 11.5 Å². The Labute approximate surface area is 294 Å². The Bertz CT molecular complexity index is 1900. The summed E-state index contributed by atoms with van der Waals surface area (Å²) in [5.41, 5.74) is 5.24. The van der Waals surface area contributed by atoms with Crippen LogP contribution in [0.4, 0.5) is 21.0 Å². The summed E-state index contributed by atoms with van der Waals surface area (Å²) in [5, 5.41) is 13.4. The number of benzene rings is 3. The maximum absolute atomic E-state index is 12.8. The summed E-state index contributed by atoms with van der Waals surface area (Å²) in [6, 6.07) is 26.9. The molecule has 0 fully saturated rings. The number of aromatic nitrogens is 2. The Morgan fingerprint density at radius 1 is 0.627 bits per heavy atom. The standard InChI is InChI=1S/C39H34N6O6/c1-27-22-32(42-38(46)50-44-36(30-6-4-20-40-25-30)18-12-28-8-14-34(48-2)15-9-28)24-33(23-27)43-39(47)51-45-37(31-7-5-21-41-26-31)19-13-29-10-16-35(49-3)17-11-29/h4-26H,1-3H3,(H,42,46)(H,43,47)/b18-12+,19-13+,44-36+,45-37+. The Hall–Kier alpha value is -7.08. The van der Waals surface area contributed by atoms with Crippen LogP contribution in [-0.4, -0.2) is 47.8 Å². The van der Waals surface area contributed by atoms with E-state index < -0.39 is 12.2 Å². The smallest absolute Gasteiger partial charge is 0.437 e. The summed E-state index contributed by atoms with van der Waals surface area (Å²) in [4.78, 5) is 44.3. The van der Waals surface area contributed by atoms with Crippen LogP contribution in [0.2, 0.25) is 0 Å². The summed E-state index contributed by atoms with van der Waals surface area (Å²) in [6.45, 7) is 1.80. The van der Waals surface area contributed by atoms with Gasteiger partial charge in [-0.2, -0.15) is 0 Å². The molecular weight excluding hydrogens is 648 g/mol. The minimum Gasteiger partial charge on any atom is -0.497 e. The lowest BCUT2D eigenvalue weighted by Gasteiger charge is -2.09. The van der Waals surface area contributed by atoms with Crippen molar-refractivity contribution in [2.75, 3.05) is 24.9 Å². The summed E-state index contributed by atoms with van der Waals surface area (Å²) in [7, 11) is 3.20. The minimum absolute atomic E-state index is 0.351. The highest BCUT2D eigenvalue weighted by Gasteiger charge is 2.11. The number of nitrogens with zero attached hydrogens (tertiary/aromatic N) is 4. The number of pyridine rings is 2. The highest BCUT2D eigenvalue weighted by atomic mass is 16.7. The van der Waals surface area contributed by atoms with E-state index in [4.69, 9.17) is 19.1 Å². The van der Waals surface area contributed by atoms with Crippen LogP contribution in [0.15, 0.2) is 138 Å². The summed E-state index contributed by atoms with van der Waals surface area (Å²) in [5.74, 6) is 1.47. The molecule has 0 unspecified atom stereocenters. The van der Waals surface area contributed by atoms with Crippen LogP contribution in [0.1, 0.15) is 27.8 Å². The summed E-state index contributed by atoms with van der Waals surface area (Å²) in [6.07, 6.45) is 11.9. The van der Waals surface area contributed by atoms with E-state index in [-0.39, 0.29) is 0 Å². The lowest BCUT2D eigenvalue weighted by molar-refractivity contribution is 0.166. The fourth-order valence-corrected chi connectivity index (χ4v) is 4.56. The third-order valence-electron chi connectivity index (χ3n) is 7.04. The van der Waals surface area contributed by atoms with Crippen molar-refractivity contribution in [2.45, 2.75) is 6.92 Å². The van der Waals surface area contributed by atoms with E-state index >= 15 is 0 Å². The van der Waals surface area contributed by atoms with E-state index in [0.717, 1.165) is 28.2 Å². The third kappa shape index (κ3) is 11.0. The normalized spacial score (nSPS) is 11.7. The minimum atomic E-state index is -0.845. The maximum Gasteiger partial charge on any atom is 0.437 e. The number of oxime groups is 2. The average Bonchev–Trinajstić information content (AvgIpc) is 3.15. The highest BCUT2D eigenvalue weighted by Crippen LogP contribution is 2.20. The number of anilines is 2. The maximum atomic E-state index is 12.8. The van der Waals surface area contributed by atoms with Crippen LogP contribution >= 0.6 is 0 Å². The number of ether oxygens (including phenoxy) is 2. The van der Waals surface area contributed by atoms with Crippen LogP contribution in [0, 0.1) is 6.92 Å². The quantitative estimate of drug-likeness (QED) is 0.0762. The van der Waals surface area contributed by atoms with Crippen molar-refractivity contribution < 1.29 is 28.7 Å². The first-order valence-electron chi connectivity index (χ1n) is 15.6. The number of carbonyl (C=O) groups excluding carboxylic acids is 2. The molecule has 12 heteroatoms. The molecule has 0 saturated carbocycles. The zero-order chi connectivity index (χ0) is 35.8. The van der Waals surface area contributed by atoms with Gasteiger partial charge < -0.3 is 9.47 Å². The largest absolute Gasteiger partial charge is 0.497 e. The number of allylic oxidation sites excluding steroid dienone is 2. The average molecular weight is 683 g/mol. The second kappa shape index (κ2) is 17.9. The molecule has 3 aromatic carbocycles. The third-order valence-corrected chi connectivity index (χ3v) is 7.04. The number of nitrogens with one attached hydrogen (secondary N) is 2. The summed E-state index contributed by atoms with van der Waals surface area (Å²) >= 11 is 0. The van der Waals surface area contributed by atoms with Gasteiger partial charge in [-0.25, -0.2) is 9.59 Å². The van der Waals surface area contributed by atoms with Crippen LogP contribution in [-0.2, 0) is 9.68 Å². The zero-order valence-electron chi connectivity index (χ0n) is 28.0. The number of rotatable bonds is 12. The van der Waals surface area contributed by atoms with Crippen LogP contribution in [0.25, 0.3) is 12.2 Å². The zero-order valence-corrected chi connectivity index (χ0v) is 28.0. The Morgan fingerprint density at radius 3 is 1.43 bits per heavy atom. The number of aryl methyl sites for hydroxylation is 1. The Morgan fingerprint density at radius 2 is 1.06 bits per heavy atom. The van der Waals surface area contributed by atoms with Gasteiger partial charge in [-0.3, -0.25) is 30.3 Å². The molecular formula is C39H34N6O6. The molecule has 0 bridgehead atoms. The molecule has 0 aliphatic carbocycles. The van der Waals surface area contributed by atoms with Gasteiger partial charge in [0.15, 0.2) is 0 Å². The first kappa shape index (κ1) is 35.2. The molecule has 2 aromatic heterocycles. The SMILES string of the molecule is COc1ccc(/C=C/C(=N\OC(=O)Nc2cc(C)cc(NC(=O)O/N=C(\C=C\c3ccc(OC)cc3)c3cccnc3)c2)c2cccnc2)cc1. The van der Waals surface area contributed by atoms with Crippen molar-refractivity contribution in [3.05, 3.63) is 156 Å². The fraction of sp³-hybridized carbons (Fsp3) is 0.0769. The van der Waals surface area contributed by atoms with Crippen molar-refractivity contribution in [2.24, 2.45) is 10.3 Å². The molecule has 12 nitrogen and oxygen atoms in total. The second-order valence-electron chi connectivity index (χ2n) is 10.7. The van der Waals surface area contributed by atoms with Gasteiger partial charge >= 0.3 is 12.2 Å². The van der Waals surface area contributed by atoms with E-state index in [2.05, 4.69) is 30.9 Å². The molecule has 256 valence electrons. The predicted octanol–water partition coefficient (Wildman–Crippen LogP) is 8.13. The van der Waals surface area contributed by atoms with Gasteiger partial charge in [0.1, 0.15) is 22.9 Å².